The molecule has 0 unspecified atom stereocenters. The van der Waals surface area contributed by atoms with Crippen LogP contribution in [0.5, 0.6) is 11.5 Å². The molecule has 11 heteroatoms. The fraction of sp³-hybridized carbons (Fsp3) is 0.111. The van der Waals surface area contributed by atoms with Crippen LogP contribution in [0.4, 0.5) is 11.4 Å². The highest BCUT2D eigenvalue weighted by molar-refractivity contribution is 6.02. The lowest BCUT2D eigenvalue weighted by Gasteiger charge is -2.16. The molecule has 0 atom stereocenters. The fourth-order valence-corrected chi connectivity index (χ4v) is 5.73. The van der Waals surface area contributed by atoms with E-state index < -0.39 is 23.1 Å². The Labute approximate surface area is 267 Å². The summed E-state index contributed by atoms with van der Waals surface area (Å²) in [7, 11) is 0. The molecular weight excluding hydrogens is 600 g/mol. The summed E-state index contributed by atoms with van der Waals surface area (Å²) in [5.41, 5.74) is 27.0. The molecular formula is C36H30N4O7. The predicted molar refractivity (Wildman–Crippen MR) is 179 cm³/mol. The average molecular weight is 631 g/mol. The number of ether oxygens (including phenoxy) is 1. The largest absolute Gasteiger partial charge is 0.455 e. The number of hydrogen-bond donors (Lipinski definition) is 4. The fourth-order valence-electron chi connectivity index (χ4n) is 5.73. The number of nitrogen functional groups attached to an aromatic ring is 2. The van der Waals surface area contributed by atoms with Crippen LogP contribution in [0.2, 0.25) is 0 Å². The lowest BCUT2D eigenvalue weighted by atomic mass is 9.97. The second-order valence-electron chi connectivity index (χ2n) is 11.3. The van der Waals surface area contributed by atoms with Gasteiger partial charge < -0.3 is 36.5 Å². The number of benzene rings is 4. The Hall–Kier alpha value is -6.36. The van der Waals surface area contributed by atoms with Crippen molar-refractivity contribution in [3.63, 3.8) is 0 Å². The van der Waals surface area contributed by atoms with Crippen LogP contribution in [-0.2, 0) is 12.8 Å². The first-order valence-corrected chi connectivity index (χ1v) is 14.6. The maximum atomic E-state index is 13.1. The van der Waals surface area contributed by atoms with E-state index in [9.17, 15) is 19.2 Å². The molecule has 8 N–H and O–H groups in total. The second-order valence-corrected chi connectivity index (χ2v) is 11.3. The van der Waals surface area contributed by atoms with Gasteiger partial charge in [0.2, 0.25) is 0 Å². The van der Waals surface area contributed by atoms with Gasteiger partial charge in [-0.05, 0) is 72.5 Å². The third kappa shape index (κ3) is 5.89. The maximum Gasteiger partial charge on any atom is 0.340 e. The van der Waals surface area contributed by atoms with Crippen LogP contribution >= 0.6 is 0 Å². The van der Waals surface area contributed by atoms with E-state index in [4.69, 9.17) is 36.5 Å². The number of primary amides is 2. The van der Waals surface area contributed by atoms with Gasteiger partial charge in [-0.1, -0.05) is 24.3 Å². The summed E-state index contributed by atoms with van der Waals surface area (Å²) in [5.74, 6) is -1.87. The third-order valence-electron chi connectivity index (χ3n) is 8.19. The highest BCUT2D eigenvalue weighted by atomic mass is 16.5. The average Bonchev–Trinajstić information content (AvgIpc) is 3.00. The highest BCUT2D eigenvalue weighted by Gasteiger charge is 2.22. The number of nitrogens with two attached hydrogens (primary N) is 4. The van der Waals surface area contributed by atoms with Gasteiger partial charge in [0.15, 0.2) is 0 Å². The number of carbonyl (C=O) groups is 2. The SMILES string of the molecule is Cc1c(Cc2cccc(N)c2)c(=O)oc2cc(Oc3cc4oc(=O)c(Cc5cccc(N)c5)c(C)c4cc3C(N)=O)c(C(N)=O)cc12. The Morgan fingerprint density at radius 1 is 0.638 bits per heavy atom. The van der Waals surface area contributed by atoms with Crippen molar-refractivity contribution >= 4 is 45.1 Å². The van der Waals surface area contributed by atoms with Gasteiger partial charge in [-0.15, -0.1) is 0 Å². The molecule has 47 heavy (non-hydrogen) atoms. The number of carbonyl (C=O) groups excluding carboxylic acids is 2. The number of anilines is 2. The van der Waals surface area contributed by atoms with Gasteiger partial charge in [0, 0.05) is 58.2 Å². The van der Waals surface area contributed by atoms with E-state index in [1.807, 2.05) is 12.1 Å². The quantitative estimate of drug-likeness (QED) is 0.134. The van der Waals surface area contributed by atoms with Crippen LogP contribution in [-0.4, -0.2) is 11.8 Å². The summed E-state index contributed by atoms with van der Waals surface area (Å²) in [5, 5.41) is 0.931. The van der Waals surface area contributed by atoms with Crippen LogP contribution in [0.1, 0.15) is 54.1 Å². The summed E-state index contributed by atoms with van der Waals surface area (Å²) in [6, 6.07) is 19.9. The van der Waals surface area contributed by atoms with E-state index in [1.54, 1.807) is 50.2 Å². The molecule has 6 aromatic rings. The molecule has 0 fully saturated rings. The molecule has 6 rings (SSSR count). The molecule has 0 saturated carbocycles. The van der Waals surface area contributed by atoms with Crippen molar-refractivity contribution in [1.29, 1.82) is 0 Å². The second kappa shape index (κ2) is 11.9. The van der Waals surface area contributed by atoms with Gasteiger partial charge in [-0.3, -0.25) is 9.59 Å². The Kier molecular flexibility index (Phi) is 7.74. The smallest absolute Gasteiger partial charge is 0.340 e. The van der Waals surface area contributed by atoms with Crippen LogP contribution in [0.15, 0.2) is 91.2 Å². The van der Waals surface area contributed by atoms with E-state index in [2.05, 4.69) is 0 Å². The van der Waals surface area contributed by atoms with E-state index in [0.29, 0.717) is 44.4 Å². The zero-order valence-electron chi connectivity index (χ0n) is 25.5. The van der Waals surface area contributed by atoms with Gasteiger partial charge in [-0.25, -0.2) is 9.59 Å². The molecule has 0 aliphatic heterocycles. The van der Waals surface area contributed by atoms with Gasteiger partial charge in [0.25, 0.3) is 11.8 Å². The summed E-state index contributed by atoms with van der Waals surface area (Å²) in [6.07, 6.45) is 0.508. The van der Waals surface area contributed by atoms with Crippen molar-refractivity contribution < 1.29 is 23.2 Å². The molecule has 4 aromatic carbocycles. The van der Waals surface area contributed by atoms with E-state index in [0.717, 1.165) is 11.1 Å². The van der Waals surface area contributed by atoms with E-state index >= 15 is 0 Å². The summed E-state index contributed by atoms with van der Waals surface area (Å²) in [6.45, 7) is 3.48. The minimum atomic E-state index is -0.833. The van der Waals surface area contributed by atoms with Crippen molar-refractivity contribution in [3.05, 3.63) is 138 Å². The molecule has 2 aromatic heterocycles. The normalized spacial score (nSPS) is 11.2. The van der Waals surface area contributed by atoms with Gasteiger partial charge >= 0.3 is 11.3 Å². The van der Waals surface area contributed by atoms with Crippen molar-refractivity contribution in [2.45, 2.75) is 26.7 Å². The first-order valence-electron chi connectivity index (χ1n) is 14.6. The predicted octanol–water partition coefficient (Wildman–Crippen LogP) is 4.85. The van der Waals surface area contributed by atoms with E-state index in [1.165, 1.54) is 24.3 Å². The lowest BCUT2D eigenvalue weighted by molar-refractivity contribution is 0.0993. The number of fused-ring (bicyclic) bond motifs is 2. The molecule has 0 saturated heterocycles. The number of aryl methyl sites for hydroxylation is 2. The zero-order chi connectivity index (χ0) is 33.6. The molecule has 2 amide bonds. The van der Waals surface area contributed by atoms with Crippen LogP contribution in [0, 0.1) is 13.8 Å². The minimum Gasteiger partial charge on any atom is -0.455 e. The number of rotatable bonds is 8. The minimum absolute atomic E-state index is 0.0463. The molecule has 0 radical (unpaired) electrons. The van der Waals surface area contributed by atoms with Crippen molar-refractivity contribution in [1.82, 2.24) is 0 Å². The summed E-state index contributed by atoms with van der Waals surface area (Å²) < 4.78 is 17.4. The molecule has 0 spiro atoms. The van der Waals surface area contributed by atoms with Crippen LogP contribution < -0.4 is 38.9 Å². The zero-order valence-corrected chi connectivity index (χ0v) is 25.5. The molecule has 0 bridgehead atoms. The Bertz CT molecular complexity index is 2220. The van der Waals surface area contributed by atoms with Crippen molar-refractivity contribution in [2.24, 2.45) is 11.5 Å². The van der Waals surface area contributed by atoms with Gasteiger partial charge in [-0.2, -0.15) is 0 Å². The number of amides is 2. The van der Waals surface area contributed by atoms with Crippen LogP contribution in [0.25, 0.3) is 21.9 Å². The monoisotopic (exact) mass is 630 g/mol. The van der Waals surface area contributed by atoms with Gasteiger partial charge in [0.05, 0.1) is 11.1 Å². The first-order chi connectivity index (χ1) is 22.4. The molecule has 0 aliphatic rings. The maximum absolute atomic E-state index is 13.1. The summed E-state index contributed by atoms with van der Waals surface area (Å²) >= 11 is 0. The first kappa shape index (κ1) is 30.7. The van der Waals surface area contributed by atoms with E-state index in [-0.39, 0.29) is 46.6 Å². The Balaban J connectivity index is 1.45. The number of hydrogen-bond acceptors (Lipinski definition) is 9. The molecule has 236 valence electrons. The summed E-state index contributed by atoms with van der Waals surface area (Å²) in [4.78, 5) is 51.5. The molecule has 2 heterocycles. The highest BCUT2D eigenvalue weighted by Crippen LogP contribution is 2.36. The van der Waals surface area contributed by atoms with Gasteiger partial charge in [0.1, 0.15) is 22.7 Å². The van der Waals surface area contributed by atoms with Crippen molar-refractivity contribution in [3.8, 4) is 11.5 Å². The Morgan fingerprint density at radius 2 is 1.04 bits per heavy atom. The Morgan fingerprint density at radius 3 is 1.40 bits per heavy atom. The lowest BCUT2D eigenvalue weighted by Crippen LogP contribution is -2.16. The van der Waals surface area contributed by atoms with Crippen LogP contribution in [0.3, 0.4) is 0 Å². The molecule has 0 aliphatic carbocycles. The van der Waals surface area contributed by atoms with Crippen molar-refractivity contribution in [2.75, 3.05) is 11.5 Å². The molecule has 11 nitrogen and oxygen atoms in total. The standard InChI is InChI=1S/C36H30N4O7/c1-17-23-13-27(33(39)41)31(15-29(23)46-35(43)25(17)11-19-5-3-7-21(37)9-19)45-32-16-30-24(14-28(32)34(40)42)18(2)26(36(44)47-30)12-20-6-4-8-22(38)10-20/h3-10,13-16H,11-12,37-38H2,1-2H3,(H2,39,41)(H2,40,42). The third-order valence-corrected chi connectivity index (χ3v) is 8.19. The topological polar surface area (TPSA) is 208 Å².